The molecule has 206 valence electrons. The zero-order valence-corrected chi connectivity index (χ0v) is 23.7. The lowest BCUT2D eigenvalue weighted by molar-refractivity contribution is 1.13. The van der Waals surface area contributed by atoms with Gasteiger partial charge in [0, 0.05) is 40.0 Å². The van der Waals surface area contributed by atoms with Gasteiger partial charge in [0.05, 0.1) is 39.1 Å². The van der Waals surface area contributed by atoms with Crippen molar-refractivity contribution in [3.8, 4) is 33.9 Å². The summed E-state index contributed by atoms with van der Waals surface area (Å²) in [6.45, 7) is 0. The molecule has 0 N–H and O–H groups in total. The Bertz CT molecular complexity index is 2420. The summed E-state index contributed by atoms with van der Waals surface area (Å²) >= 11 is 0. The first-order valence-corrected chi connectivity index (χ1v) is 14.7. The highest BCUT2D eigenvalue weighted by molar-refractivity contribution is 6.21. The van der Waals surface area contributed by atoms with Crippen molar-refractivity contribution in [3.05, 3.63) is 152 Å². The van der Waals surface area contributed by atoms with Gasteiger partial charge in [-0.25, -0.2) is 4.98 Å². The molecule has 0 aliphatic heterocycles. The summed E-state index contributed by atoms with van der Waals surface area (Å²) in [7, 11) is 0. The van der Waals surface area contributed by atoms with Crippen molar-refractivity contribution in [3.63, 3.8) is 0 Å². The van der Waals surface area contributed by atoms with Gasteiger partial charge < -0.3 is 9.13 Å². The van der Waals surface area contributed by atoms with Crippen LogP contribution in [0, 0.1) is 0 Å². The van der Waals surface area contributed by atoms with E-state index in [0.717, 1.165) is 77.8 Å². The topological polar surface area (TPSA) is 48.5 Å². The van der Waals surface area contributed by atoms with Gasteiger partial charge in [0.15, 0.2) is 0 Å². The number of para-hydroxylation sites is 2. The van der Waals surface area contributed by atoms with Gasteiger partial charge in [0.1, 0.15) is 11.0 Å². The first kappa shape index (κ1) is 24.5. The molecule has 0 bridgehead atoms. The van der Waals surface area contributed by atoms with Crippen LogP contribution in [-0.4, -0.2) is 24.1 Å². The molecule has 5 aromatic heterocycles. The number of aromatic nitrogens is 5. The summed E-state index contributed by atoms with van der Waals surface area (Å²) in [6.07, 6.45) is 3.86. The lowest BCUT2D eigenvalue weighted by Crippen LogP contribution is -2.01. The van der Waals surface area contributed by atoms with Crippen LogP contribution in [-0.2, 0) is 0 Å². The summed E-state index contributed by atoms with van der Waals surface area (Å²) < 4.78 is 4.69. The summed E-state index contributed by atoms with van der Waals surface area (Å²) in [4.78, 5) is 15.1. The van der Waals surface area contributed by atoms with E-state index in [9.17, 15) is 0 Å². The van der Waals surface area contributed by atoms with E-state index < -0.39 is 0 Å². The number of rotatable bonds is 4. The molecule has 0 atom stereocenters. The SMILES string of the molecule is c1ccc(-c2cc(-n3c4cccnc4c4ncc5c6ccccc6n(-c6ccccc6)c5c43)cc(-c3ccccc3)n2)cc1. The van der Waals surface area contributed by atoms with Crippen molar-refractivity contribution < 1.29 is 0 Å². The van der Waals surface area contributed by atoms with Crippen LogP contribution in [0.2, 0.25) is 0 Å². The maximum absolute atomic E-state index is 5.16. The fraction of sp³-hybridized carbons (Fsp3) is 0. The van der Waals surface area contributed by atoms with Crippen LogP contribution in [0.5, 0.6) is 0 Å². The number of fused-ring (bicyclic) bond motifs is 7. The highest BCUT2D eigenvalue weighted by Gasteiger charge is 2.23. The Kier molecular flexibility index (Phi) is 5.43. The monoisotopic (exact) mass is 563 g/mol. The van der Waals surface area contributed by atoms with Crippen LogP contribution < -0.4 is 0 Å². The van der Waals surface area contributed by atoms with Crippen molar-refractivity contribution in [2.75, 3.05) is 0 Å². The molecule has 9 aromatic rings. The molecule has 0 saturated heterocycles. The Morgan fingerprint density at radius 2 is 1.02 bits per heavy atom. The lowest BCUT2D eigenvalue weighted by atomic mass is 10.1. The molecule has 0 unspecified atom stereocenters. The molecule has 44 heavy (non-hydrogen) atoms. The highest BCUT2D eigenvalue weighted by Crippen LogP contribution is 2.40. The van der Waals surface area contributed by atoms with Gasteiger partial charge in [-0.3, -0.25) is 9.97 Å². The smallest absolute Gasteiger partial charge is 0.117 e. The van der Waals surface area contributed by atoms with E-state index in [4.69, 9.17) is 15.0 Å². The number of pyridine rings is 3. The van der Waals surface area contributed by atoms with Crippen LogP contribution in [0.15, 0.2) is 152 Å². The number of hydrogen-bond donors (Lipinski definition) is 0. The first-order chi connectivity index (χ1) is 21.8. The molecule has 9 rings (SSSR count). The van der Waals surface area contributed by atoms with E-state index in [-0.39, 0.29) is 0 Å². The average Bonchev–Trinajstić information content (AvgIpc) is 3.62. The molecule has 5 nitrogen and oxygen atoms in total. The summed E-state index contributed by atoms with van der Waals surface area (Å²) in [5.74, 6) is 0. The predicted octanol–water partition coefficient (Wildman–Crippen LogP) is 9.40. The van der Waals surface area contributed by atoms with Crippen molar-refractivity contribution in [2.24, 2.45) is 0 Å². The predicted molar refractivity (Wildman–Crippen MR) is 179 cm³/mol. The van der Waals surface area contributed by atoms with E-state index >= 15 is 0 Å². The fourth-order valence-electron chi connectivity index (χ4n) is 6.47. The van der Waals surface area contributed by atoms with Crippen molar-refractivity contribution >= 4 is 43.9 Å². The third-order valence-corrected chi connectivity index (χ3v) is 8.38. The Labute approximate surface area is 253 Å². The standard InChI is InChI=1S/C39H25N5/c1-4-13-26(14-5-1)32-23-29(24-33(42-32)27-15-6-2-7-16-27)44-35-21-12-22-40-36(35)37-39(44)38-31(25-41-37)30-19-10-11-20-34(30)43(38)28-17-8-3-9-18-28/h1-25H. The molecule has 5 heteroatoms. The number of hydrogen-bond acceptors (Lipinski definition) is 3. The molecular formula is C39H25N5. The molecule has 0 aliphatic rings. The minimum Gasteiger partial charge on any atom is -0.307 e. The zero-order valence-electron chi connectivity index (χ0n) is 23.7. The van der Waals surface area contributed by atoms with Gasteiger partial charge in [-0.1, -0.05) is 97.1 Å². The maximum atomic E-state index is 5.16. The Morgan fingerprint density at radius 3 is 1.73 bits per heavy atom. The van der Waals surface area contributed by atoms with Crippen molar-refractivity contribution in [2.45, 2.75) is 0 Å². The van der Waals surface area contributed by atoms with Crippen LogP contribution in [0.3, 0.4) is 0 Å². The molecule has 0 saturated carbocycles. The van der Waals surface area contributed by atoms with E-state index in [1.165, 1.54) is 0 Å². The van der Waals surface area contributed by atoms with Crippen LogP contribution in [0.1, 0.15) is 0 Å². The molecular weight excluding hydrogens is 538 g/mol. The van der Waals surface area contributed by atoms with Gasteiger partial charge >= 0.3 is 0 Å². The second-order valence-electron chi connectivity index (χ2n) is 10.9. The minimum atomic E-state index is 0.868. The third kappa shape index (κ3) is 3.69. The molecule has 5 heterocycles. The van der Waals surface area contributed by atoms with Gasteiger partial charge in [-0.05, 0) is 42.5 Å². The second kappa shape index (κ2) is 9.75. The Morgan fingerprint density at radius 1 is 0.432 bits per heavy atom. The number of benzene rings is 4. The van der Waals surface area contributed by atoms with Crippen molar-refractivity contribution in [1.82, 2.24) is 24.1 Å². The van der Waals surface area contributed by atoms with E-state index in [1.807, 2.05) is 30.6 Å². The fourth-order valence-corrected chi connectivity index (χ4v) is 6.47. The van der Waals surface area contributed by atoms with Crippen LogP contribution in [0.4, 0.5) is 0 Å². The number of nitrogens with zero attached hydrogens (tertiary/aromatic N) is 5. The summed E-state index contributed by atoms with van der Waals surface area (Å²) in [5, 5.41) is 2.26. The normalized spacial score (nSPS) is 11.6. The van der Waals surface area contributed by atoms with E-state index in [0.29, 0.717) is 0 Å². The molecule has 0 amide bonds. The van der Waals surface area contributed by atoms with Gasteiger partial charge in [-0.2, -0.15) is 0 Å². The molecule has 4 aromatic carbocycles. The second-order valence-corrected chi connectivity index (χ2v) is 10.9. The zero-order chi connectivity index (χ0) is 29.0. The molecule has 0 fully saturated rings. The largest absolute Gasteiger partial charge is 0.307 e. The van der Waals surface area contributed by atoms with Gasteiger partial charge in [0.2, 0.25) is 0 Å². The Hall–Kier alpha value is -6.07. The quantitative estimate of drug-likeness (QED) is 0.214. The summed E-state index contributed by atoms with van der Waals surface area (Å²) in [6, 6.07) is 48.4. The summed E-state index contributed by atoms with van der Waals surface area (Å²) in [5.41, 5.74) is 12.0. The lowest BCUT2D eigenvalue weighted by Gasteiger charge is -2.14. The highest BCUT2D eigenvalue weighted by atomic mass is 15.1. The minimum absolute atomic E-state index is 0.868. The van der Waals surface area contributed by atoms with Crippen LogP contribution >= 0.6 is 0 Å². The maximum Gasteiger partial charge on any atom is 0.117 e. The molecule has 0 aliphatic carbocycles. The first-order valence-electron chi connectivity index (χ1n) is 14.7. The Balaban J connectivity index is 1.48. The van der Waals surface area contributed by atoms with Crippen molar-refractivity contribution in [1.29, 1.82) is 0 Å². The van der Waals surface area contributed by atoms with E-state index in [2.05, 4.69) is 130 Å². The van der Waals surface area contributed by atoms with E-state index in [1.54, 1.807) is 0 Å². The third-order valence-electron chi connectivity index (χ3n) is 8.38. The molecule has 0 radical (unpaired) electrons. The molecule has 0 spiro atoms. The van der Waals surface area contributed by atoms with Gasteiger partial charge in [0.25, 0.3) is 0 Å². The average molecular weight is 564 g/mol. The van der Waals surface area contributed by atoms with Crippen LogP contribution in [0.25, 0.3) is 77.8 Å². The van der Waals surface area contributed by atoms with Gasteiger partial charge in [-0.15, -0.1) is 0 Å².